The maximum atomic E-state index is 9.11. The van der Waals surface area contributed by atoms with E-state index in [-0.39, 0.29) is 6.61 Å². The number of para-hydroxylation sites is 1. The minimum absolute atomic E-state index is 0.118. The van der Waals surface area contributed by atoms with Gasteiger partial charge in [-0.3, -0.25) is 4.90 Å². The number of nitrogens with one attached hydrogen (secondary N) is 1. The van der Waals surface area contributed by atoms with Crippen LogP contribution >= 0.6 is 0 Å². The molecule has 3 rings (SSSR count). The molecule has 0 aromatic heterocycles. The van der Waals surface area contributed by atoms with E-state index < -0.39 is 0 Å². The van der Waals surface area contributed by atoms with Crippen molar-refractivity contribution in [2.75, 3.05) is 18.4 Å². The maximum Gasteiger partial charge on any atom is 0.0681 e. The standard InChI is InChI=1S/C19H24N2O/c22-15-17-10-8-16(9-11-17)13-21-12-4-7-19(14-21)20-18-5-2-1-3-6-18/h1-3,5-6,8-11,19-20,22H,4,7,12-15H2. The molecule has 3 heteroatoms. The molecule has 0 spiro atoms. The largest absolute Gasteiger partial charge is 0.392 e. The second-order valence-corrected chi connectivity index (χ2v) is 6.06. The minimum Gasteiger partial charge on any atom is -0.392 e. The average molecular weight is 296 g/mol. The summed E-state index contributed by atoms with van der Waals surface area (Å²) in [6, 6.07) is 19.3. The quantitative estimate of drug-likeness (QED) is 0.889. The van der Waals surface area contributed by atoms with E-state index in [0.29, 0.717) is 6.04 Å². The second kappa shape index (κ2) is 7.43. The Bertz CT molecular complexity index is 568. The molecule has 0 amide bonds. The van der Waals surface area contributed by atoms with Gasteiger partial charge in [-0.15, -0.1) is 0 Å². The highest BCUT2D eigenvalue weighted by molar-refractivity contribution is 5.43. The van der Waals surface area contributed by atoms with E-state index in [2.05, 4.69) is 46.6 Å². The van der Waals surface area contributed by atoms with Gasteiger partial charge >= 0.3 is 0 Å². The van der Waals surface area contributed by atoms with E-state index in [1.165, 1.54) is 24.1 Å². The molecule has 116 valence electrons. The third kappa shape index (κ3) is 4.09. The van der Waals surface area contributed by atoms with E-state index in [1.54, 1.807) is 0 Å². The van der Waals surface area contributed by atoms with E-state index in [1.807, 2.05) is 18.2 Å². The molecule has 0 aliphatic carbocycles. The molecule has 0 radical (unpaired) electrons. The Hall–Kier alpha value is -1.84. The summed E-state index contributed by atoms with van der Waals surface area (Å²) in [6.07, 6.45) is 2.47. The molecular weight excluding hydrogens is 272 g/mol. The molecule has 1 heterocycles. The average Bonchev–Trinajstić information content (AvgIpc) is 2.57. The molecule has 2 aromatic rings. The number of anilines is 1. The molecule has 3 nitrogen and oxygen atoms in total. The lowest BCUT2D eigenvalue weighted by atomic mass is 10.0. The minimum atomic E-state index is 0.118. The Morgan fingerprint density at radius 2 is 1.73 bits per heavy atom. The summed E-state index contributed by atoms with van der Waals surface area (Å²) in [4.78, 5) is 2.51. The molecule has 0 bridgehead atoms. The highest BCUT2D eigenvalue weighted by atomic mass is 16.3. The van der Waals surface area contributed by atoms with Gasteiger partial charge in [0.2, 0.25) is 0 Å². The first kappa shape index (κ1) is 15.1. The molecule has 2 aromatic carbocycles. The molecule has 1 aliphatic heterocycles. The van der Waals surface area contributed by atoms with Crippen LogP contribution in [0.3, 0.4) is 0 Å². The van der Waals surface area contributed by atoms with Crippen LogP contribution in [-0.2, 0) is 13.2 Å². The normalized spacial score (nSPS) is 19.0. The zero-order valence-electron chi connectivity index (χ0n) is 12.9. The monoisotopic (exact) mass is 296 g/mol. The van der Waals surface area contributed by atoms with Crippen LogP contribution in [0.4, 0.5) is 5.69 Å². The Morgan fingerprint density at radius 1 is 1.00 bits per heavy atom. The fraction of sp³-hybridized carbons (Fsp3) is 0.368. The van der Waals surface area contributed by atoms with Gasteiger partial charge in [0.15, 0.2) is 0 Å². The number of nitrogens with zero attached hydrogens (tertiary/aromatic N) is 1. The maximum absolute atomic E-state index is 9.11. The molecule has 1 saturated heterocycles. The number of rotatable bonds is 5. The van der Waals surface area contributed by atoms with E-state index in [0.717, 1.165) is 25.2 Å². The number of hydrogen-bond donors (Lipinski definition) is 2. The highest BCUT2D eigenvalue weighted by Gasteiger charge is 2.19. The SMILES string of the molecule is OCc1ccc(CN2CCCC(Nc3ccccc3)C2)cc1. The topological polar surface area (TPSA) is 35.5 Å². The zero-order valence-corrected chi connectivity index (χ0v) is 12.9. The van der Waals surface area contributed by atoms with Gasteiger partial charge in [0.05, 0.1) is 6.61 Å². The number of hydrogen-bond acceptors (Lipinski definition) is 3. The van der Waals surface area contributed by atoms with Gasteiger partial charge in [-0.05, 0) is 42.6 Å². The van der Waals surface area contributed by atoms with Crippen LogP contribution in [0.1, 0.15) is 24.0 Å². The van der Waals surface area contributed by atoms with E-state index in [4.69, 9.17) is 5.11 Å². The zero-order chi connectivity index (χ0) is 15.2. The Labute approximate surface area is 132 Å². The highest BCUT2D eigenvalue weighted by Crippen LogP contribution is 2.18. The molecular formula is C19H24N2O. The summed E-state index contributed by atoms with van der Waals surface area (Å²) in [5.41, 5.74) is 3.50. The third-order valence-electron chi connectivity index (χ3n) is 4.26. The first-order valence-electron chi connectivity index (χ1n) is 8.06. The van der Waals surface area contributed by atoms with Crippen molar-refractivity contribution in [1.29, 1.82) is 0 Å². The van der Waals surface area contributed by atoms with Crippen LogP contribution in [0, 0.1) is 0 Å². The van der Waals surface area contributed by atoms with E-state index >= 15 is 0 Å². The van der Waals surface area contributed by atoms with Gasteiger partial charge in [0.25, 0.3) is 0 Å². The lowest BCUT2D eigenvalue weighted by Crippen LogP contribution is -2.41. The van der Waals surface area contributed by atoms with Crippen LogP contribution in [0.2, 0.25) is 0 Å². The van der Waals surface area contributed by atoms with Crippen LogP contribution in [-0.4, -0.2) is 29.1 Å². The summed E-state index contributed by atoms with van der Waals surface area (Å²) >= 11 is 0. The number of benzene rings is 2. The van der Waals surface area contributed by atoms with Crippen molar-refractivity contribution in [3.63, 3.8) is 0 Å². The van der Waals surface area contributed by atoms with Crippen molar-refractivity contribution in [2.24, 2.45) is 0 Å². The molecule has 1 unspecified atom stereocenters. The van der Waals surface area contributed by atoms with Crippen molar-refractivity contribution in [3.05, 3.63) is 65.7 Å². The summed E-state index contributed by atoms with van der Waals surface area (Å²) in [6.45, 7) is 3.34. The van der Waals surface area contributed by atoms with Gasteiger partial charge in [-0.1, -0.05) is 42.5 Å². The van der Waals surface area contributed by atoms with Gasteiger partial charge in [0.1, 0.15) is 0 Å². The molecule has 1 atom stereocenters. The Balaban J connectivity index is 1.55. The molecule has 0 saturated carbocycles. The molecule has 1 aliphatic rings. The van der Waals surface area contributed by atoms with Crippen LogP contribution in [0.25, 0.3) is 0 Å². The molecule has 1 fully saturated rings. The summed E-state index contributed by atoms with van der Waals surface area (Å²) in [7, 11) is 0. The number of likely N-dealkylation sites (tertiary alicyclic amines) is 1. The van der Waals surface area contributed by atoms with Crippen molar-refractivity contribution in [3.8, 4) is 0 Å². The first-order valence-corrected chi connectivity index (χ1v) is 8.06. The number of piperidine rings is 1. The smallest absolute Gasteiger partial charge is 0.0681 e. The lowest BCUT2D eigenvalue weighted by molar-refractivity contribution is 0.208. The molecule has 2 N–H and O–H groups in total. The predicted molar refractivity (Wildman–Crippen MR) is 90.7 cm³/mol. The van der Waals surface area contributed by atoms with Crippen LogP contribution in [0.15, 0.2) is 54.6 Å². The Kier molecular flexibility index (Phi) is 5.09. The van der Waals surface area contributed by atoms with Crippen molar-refractivity contribution < 1.29 is 5.11 Å². The fourth-order valence-corrected chi connectivity index (χ4v) is 3.10. The second-order valence-electron chi connectivity index (χ2n) is 6.06. The van der Waals surface area contributed by atoms with Crippen LogP contribution < -0.4 is 5.32 Å². The summed E-state index contributed by atoms with van der Waals surface area (Å²) in [5.74, 6) is 0. The first-order chi connectivity index (χ1) is 10.8. The summed E-state index contributed by atoms with van der Waals surface area (Å²) < 4.78 is 0. The van der Waals surface area contributed by atoms with Crippen LogP contribution in [0.5, 0.6) is 0 Å². The number of aliphatic hydroxyl groups excluding tert-OH is 1. The van der Waals surface area contributed by atoms with Gasteiger partial charge in [-0.25, -0.2) is 0 Å². The lowest BCUT2D eigenvalue weighted by Gasteiger charge is -2.33. The summed E-state index contributed by atoms with van der Waals surface area (Å²) in [5, 5.41) is 12.7. The van der Waals surface area contributed by atoms with Crippen molar-refractivity contribution in [1.82, 2.24) is 4.90 Å². The Morgan fingerprint density at radius 3 is 2.45 bits per heavy atom. The van der Waals surface area contributed by atoms with Gasteiger partial charge in [0, 0.05) is 24.8 Å². The van der Waals surface area contributed by atoms with Gasteiger partial charge in [-0.2, -0.15) is 0 Å². The fourth-order valence-electron chi connectivity index (χ4n) is 3.10. The van der Waals surface area contributed by atoms with Crippen molar-refractivity contribution in [2.45, 2.75) is 32.0 Å². The van der Waals surface area contributed by atoms with Gasteiger partial charge < -0.3 is 10.4 Å². The van der Waals surface area contributed by atoms with E-state index in [9.17, 15) is 0 Å². The number of aliphatic hydroxyl groups is 1. The third-order valence-corrected chi connectivity index (χ3v) is 4.26. The predicted octanol–water partition coefficient (Wildman–Crippen LogP) is 3.26. The van der Waals surface area contributed by atoms with Crippen molar-refractivity contribution >= 4 is 5.69 Å². The molecule has 22 heavy (non-hydrogen) atoms.